The summed E-state index contributed by atoms with van der Waals surface area (Å²) < 4.78 is 3.71. The number of nitrogens with one attached hydrogen (secondary N) is 1. The molecule has 0 aromatic carbocycles. The first-order valence-electron chi connectivity index (χ1n) is 2.69. The van der Waals surface area contributed by atoms with E-state index >= 15 is 0 Å². The van der Waals surface area contributed by atoms with Crippen molar-refractivity contribution >= 4 is 29.0 Å². The highest BCUT2D eigenvalue weighted by atomic mass is 35.5. The van der Waals surface area contributed by atoms with Gasteiger partial charge in [-0.1, -0.05) is 11.6 Å². The molecule has 1 heterocycles. The van der Waals surface area contributed by atoms with Crippen molar-refractivity contribution < 1.29 is 9.63 Å². The van der Waals surface area contributed by atoms with Gasteiger partial charge in [0, 0.05) is 6.07 Å². The summed E-state index contributed by atoms with van der Waals surface area (Å²) in [4.78, 5) is 15.8. The van der Waals surface area contributed by atoms with Crippen LogP contribution in [0, 0.1) is 0 Å². The van der Waals surface area contributed by atoms with Gasteiger partial charge in [0.05, 0.1) is 7.11 Å². The standard InChI is InChI=1S/C5H5ClN2O2S/c1-10-7-5(9)3-2-4(6)8-11-3/h2H,1H3,(H,7,9). The second kappa shape index (κ2) is 3.66. The molecule has 0 aliphatic heterocycles. The van der Waals surface area contributed by atoms with E-state index < -0.39 is 0 Å². The summed E-state index contributed by atoms with van der Waals surface area (Å²) >= 11 is 6.51. The molecule has 0 unspecified atom stereocenters. The van der Waals surface area contributed by atoms with Crippen molar-refractivity contribution in [1.82, 2.24) is 9.85 Å². The number of carbonyl (C=O) groups is 1. The Morgan fingerprint density at radius 3 is 3.09 bits per heavy atom. The van der Waals surface area contributed by atoms with Gasteiger partial charge in [0.2, 0.25) is 0 Å². The Morgan fingerprint density at radius 2 is 2.64 bits per heavy atom. The van der Waals surface area contributed by atoms with Gasteiger partial charge in [-0.3, -0.25) is 9.63 Å². The molecule has 1 aromatic rings. The Bertz CT molecular complexity index is 263. The SMILES string of the molecule is CONC(=O)c1cc(Cl)ns1. The maximum atomic E-state index is 10.9. The number of amides is 1. The van der Waals surface area contributed by atoms with Crippen LogP contribution < -0.4 is 5.48 Å². The number of nitrogens with zero attached hydrogens (tertiary/aromatic N) is 1. The first kappa shape index (κ1) is 8.45. The van der Waals surface area contributed by atoms with E-state index in [0.717, 1.165) is 11.5 Å². The molecule has 0 aliphatic carbocycles. The second-order valence-corrected chi connectivity index (χ2v) is 2.84. The van der Waals surface area contributed by atoms with Gasteiger partial charge in [-0.15, -0.1) is 0 Å². The van der Waals surface area contributed by atoms with Gasteiger partial charge in [-0.05, 0) is 11.5 Å². The van der Waals surface area contributed by atoms with Crippen molar-refractivity contribution in [2.24, 2.45) is 0 Å². The second-order valence-electron chi connectivity index (χ2n) is 1.65. The summed E-state index contributed by atoms with van der Waals surface area (Å²) in [6.45, 7) is 0. The molecule has 0 aliphatic rings. The molecule has 1 rings (SSSR count). The third-order valence-corrected chi connectivity index (χ3v) is 1.98. The van der Waals surface area contributed by atoms with E-state index in [4.69, 9.17) is 11.6 Å². The van der Waals surface area contributed by atoms with Crippen LogP contribution in [0.4, 0.5) is 0 Å². The Labute approximate surface area is 72.2 Å². The van der Waals surface area contributed by atoms with Crippen molar-refractivity contribution in [3.8, 4) is 0 Å². The first-order chi connectivity index (χ1) is 5.24. The van der Waals surface area contributed by atoms with E-state index in [1.165, 1.54) is 13.2 Å². The molecular formula is C5H5ClN2O2S. The van der Waals surface area contributed by atoms with Gasteiger partial charge in [0.1, 0.15) is 10.0 Å². The van der Waals surface area contributed by atoms with Crippen molar-refractivity contribution in [3.05, 3.63) is 16.1 Å². The van der Waals surface area contributed by atoms with Gasteiger partial charge >= 0.3 is 0 Å². The summed E-state index contributed by atoms with van der Waals surface area (Å²) in [5.74, 6) is -0.336. The highest BCUT2D eigenvalue weighted by Gasteiger charge is 2.08. The largest absolute Gasteiger partial charge is 0.286 e. The molecule has 1 N–H and O–H groups in total. The van der Waals surface area contributed by atoms with E-state index in [9.17, 15) is 4.79 Å². The van der Waals surface area contributed by atoms with Crippen molar-refractivity contribution in [3.63, 3.8) is 0 Å². The first-order valence-corrected chi connectivity index (χ1v) is 3.84. The third kappa shape index (κ3) is 2.14. The molecule has 0 saturated carbocycles. The molecular weight excluding hydrogens is 188 g/mol. The third-order valence-electron chi connectivity index (χ3n) is 0.900. The number of hydroxylamine groups is 1. The maximum absolute atomic E-state index is 10.9. The predicted molar refractivity (Wildman–Crippen MR) is 41.6 cm³/mol. The van der Waals surface area contributed by atoms with Gasteiger partial charge < -0.3 is 0 Å². The van der Waals surface area contributed by atoms with Crippen LogP contribution in [0.1, 0.15) is 9.67 Å². The van der Waals surface area contributed by atoms with E-state index in [2.05, 4.69) is 14.7 Å². The smallest absolute Gasteiger partial charge is 0.277 e. The van der Waals surface area contributed by atoms with E-state index in [1.807, 2.05) is 0 Å². The van der Waals surface area contributed by atoms with Crippen LogP contribution in [0.15, 0.2) is 6.07 Å². The topological polar surface area (TPSA) is 51.2 Å². The van der Waals surface area contributed by atoms with Crippen LogP contribution in [0.25, 0.3) is 0 Å². The van der Waals surface area contributed by atoms with E-state index in [1.54, 1.807) is 0 Å². The molecule has 11 heavy (non-hydrogen) atoms. The summed E-state index contributed by atoms with van der Waals surface area (Å²) in [7, 11) is 1.36. The van der Waals surface area contributed by atoms with E-state index in [-0.39, 0.29) is 5.91 Å². The van der Waals surface area contributed by atoms with Crippen molar-refractivity contribution in [2.45, 2.75) is 0 Å². The molecule has 0 fully saturated rings. The number of rotatable bonds is 2. The number of halogens is 1. The van der Waals surface area contributed by atoms with Crippen LogP contribution in [0.5, 0.6) is 0 Å². The summed E-state index contributed by atoms with van der Waals surface area (Å²) in [6.07, 6.45) is 0. The van der Waals surface area contributed by atoms with Crippen LogP contribution in [-0.2, 0) is 4.84 Å². The molecule has 6 heteroatoms. The average molecular weight is 193 g/mol. The fourth-order valence-corrected chi connectivity index (χ4v) is 1.31. The fraction of sp³-hybridized carbons (Fsp3) is 0.200. The zero-order valence-corrected chi connectivity index (χ0v) is 7.20. The number of hydrogen-bond donors (Lipinski definition) is 1. The predicted octanol–water partition coefficient (Wildman–Crippen LogP) is 1.09. The maximum Gasteiger partial charge on any atom is 0.286 e. The Morgan fingerprint density at radius 1 is 1.91 bits per heavy atom. The molecule has 0 spiro atoms. The molecule has 1 aromatic heterocycles. The molecule has 0 saturated heterocycles. The minimum atomic E-state index is -0.336. The highest BCUT2D eigenvalue weighted by molar-refractivity contribution is 7.08. The van der Waals surface area contributed by atoms with Crippen LogP contribution >= 0.6 is 23.1 Å². The van der Waals surface area contributed by atoms with Gasteiger partial charge in [-0.2, -0.15) is 4.37 Å². The van der Waals surface area contributed by atoms with E-state index in [0.29, 0.717) is 10.0 Å². The summed E-state index contributed by atoms with van der Waals surface area (Å²) in [5, 5.41) is 0.316. The summed E-state index contributed by atoms with van der Waals surface area (Å²) in [6, 6.07) is 1.47. The number of hydrogen-bond acceptors (Lipinski definition) is 4. The number of aromatic nitrogens is 1. The van der Waals surface area contributed by atoms with Crippen LogP contribution in [0.2, 0.25) is 5.15 Å². The number of carbonyl (C=O) groups excluding carboxylic acids is 1. The lowest BCUT2D eigenvalue weighted by molar-refractivity contribution is 0.0542. The average Bonchev–Trinajstić information content (AvgIpc) is 2.36. The van der Waals surface area contributed by atoms with Crippen molar-refractivity contribution in [2.75, 3.05) is 7.11 Å². The van der Waals surface area contributed by atoms with Crippen molar-refractivity contribution in [1.29, 1.82) is 0 Å². The monoisotopic (exact) mass is 192 g/mol. The lowest BCUT2D eigenvalue weighted by Crippen LogP contribution is -2.20. The quantitative estimate of drug-likeness (QED) is 0.714. The summed E-state index contributed by atoms with van der Waals surface area (Å²) in [5.41, 5.74) is 2.15. The molecule has 0 radical (unpaired) electrons. The fourth-order valence-electron chi connectivity index (χ4n) is 0.504. The van der Waals surface area contributed by atoms with Crippen LogP contribution in [0.3, 0.4) is 0 Å². The molecule has 1 amide bonds. The minimum absolute atomic E-state index is 0.316. The molecule has 60 valence electrons. The van der Waals surface area contributed by atoms with Gasteiger partial charge in [-0.25, -0.2) is 5.48 Å². The Balaban J connectivity index is 2.69. The lowest BCUT2D eigenvalue weighted by atomic mass is 10.5. The zero-order valence-electron chi connectivity index (χ0n) is 5.63. The van der Waals surface area contributed by atoms with Crippen LogP contribution in [-0.4, -0.2) is 17.4 Å². The molecule has 4 nitrogen and oxygen atoms in total. The Hall–Kier alpha value is -0.650. The normalized spacial score (nSPS) is 9.64. The van der Waals surface area contributed by atoms with Gasteiger partial charge in [0.25, 0.3) is 5.91 Å². The molecule has 0 atom stereocenters. The minimum Gasteiger partial charge on any atom is -0.277 e. The van der Waals surface area contributed by atoms with Gasteiger partial charge in [0.15, 0.2) is 0 Å². The Kier molecular flexibility index (Phi) is 2.81. The molecule has 0 bridgehead atoms. The lowest BCUT2D eigenvalue weighted by Gasteiger charge is -1.95. The zero-order chi connectivity index (χ0) is 8.27. The highest BCUT2D eigenvalue weighted by Crippen LogP contribution is 2.13.